The lowest BCUT2D eigenvalue weighted by Gasteiger charge is -2.36. The minimum atomic E-state index is 0.483. The van der Waals surface area contributed by atoms with Crippen molar-refractivity contribution in [2.45, 2.75) is 39.3 Å². The molecule has 3 heteroatoms. The average molecular weight is 281 g/mol. The number of hydrogen-bond donors (Lipinski definition) is 1. The van der Waals surface area contributed by atoms with Gasteiger partial charge in [0.15, 0.2) is 0 Å². The van der Waals surface area contributed by atoms with Gasteiger partial charge in [0, 0.05) is 24.0 Å². The molecule has 1 unspecified atom stereocenters. The van der Waals surface area contributed by atoms with Crippen molar-refractivity contribution in [3.05, 3.63) is 53.2 Å². The summed E-state index contributed by atoms with van der Waals surface area (Å²) in [6.07, 6.45) is 2.33. The Bertz CT molecular complexity index is 636. The van der Waals surface area contributed by atoms with Crippen molar-refractivity contribution in [1.82, 2.24) is 10.3 Å². The molecule has 1 aromatic heterocycles. The maximum absolute atomic E-state index is 4.79. The molecular formula is C18H23N3. The number of aryl methyl sites for hydroxylation is 2. The lowest BCUT2D eigenvalue weighted by molar-refractivity contribution is 0.612. The van der Waals surface area contributed by atoms with Crippen LogP contribution in [0.2, 0.25) is 0 Å². The maximum atomic E-state index is 4.79. The molecule has 2 aromatic rings. The molecule has 1 aliphatic rings. The smallest absolute Gasteiger partial charge is 0.133 e. The molecule has 0 fully saturated rings. The van der Waals surface area contributed by atoms with E-state index in [1.807, 2.05) is 7.05 Å². The summed E-state index contributed by atoms with van der Waals surface area (Å²) in [4.78, 5) is 7.18. The second-order valence-electron chi connectivity index (χ2n) is 5.89. The van der Waals surface area contributed by atoms with E-state index in [1.165, 1.54) is 23.2 Å². The first-order valence-corrected chi connectivity index (χ1v) is 7.68. The third kappa shape index (κ3) is 2.79. The number of nitrogens with zero attached hydrogens (tertiary/aromatic N) is 2. The lowest BCUT2D eigenvalue weighted by atomic mass is 9.96. The van der Waals surface area contributed by atoms with Gasteiger partial charge in [-0.1, -0.05) is 18.2 Å². The van der Waals surface area contributed by atoms with Gasteiger partial charge in [-0.25, -0.2) is 4.98 Å². The zero-order valence-electron chi connectivity index (χ0n) is 13.1. The highest BCUT2D eigenvalue weighted by atomic mass is 15.2. The summed E-state index contributed by atoms with van der Waals surface area (Å²) >= 11 is 0. The van der Waals surface area contributed by atoms with Crippen LogP contribution in [0.5, 0.6) is 0 Å². The molecule has 0 amide bonds. The number of benzene rings is 1. The van der Waals surface area contributed by atoms with Crippen molar-refractivity contribution >= 4 is 11.5 Å². The summed E-state index contributed by atoms with van der Waals surface area (Å²) in [6, 6.07) is 13.5. The fraction of sp³-hybridized carbons (Fsp3) is 0.389. The first kappa shape index (κ1) is 14.1. The van der Waals surface area contributed by atoms with Gasteiger partial charge in [-0.15, -0.1) is 0 Å². The molecule has 110 valence electrons. The molecule has 1 aliphatic heterocycles. The monoisotopic (exact) mass is 281 g/mol. The van der Waals surface area contributed by atoms with Crippen LogP contribution < -0.4 is 10.2 Å². The van der Waals surface area contributed by atoms with Gasteiger partial charge in [0.2, 0.25) is 0 Å². The van der Waals surface area contributed by atoms with Gasteiger partial charge < -0.3 is 10.2 Å². The normalized spacial score (nSPS) is 17.7. The summed E-state index contributed by atoms with van der Waals surface area (Å²) in [5.74, 6) is 1.07. The third-order valence-corrected chi connectivity index (χ3v) is 4.15. The van der Waals surface area contributed by atoms with Crippen molar-refractivity contribution in [3.63, 3.8) is 0 Å². The van der Waals surface area contributed by atoms with Crippen molar-refractivity contribution < 1.29 is 0 Å². The molecule has 0 spiro atoms. The van der Waals surface area contributed by atoms with Crippen LogP contribution in [-0.2, 0) is 13.0 Å². The predicted octanol–water partition coefficient (Wildman–Crippen LogP) is 3.58. The van der Waals surface area contributed by atoms with Crippen molar-refractivity contribution in [2.24, 2.45) is 0 Å². The van der Waals surface area contributed by atoms with E-state index < -0.39 is 0 Å². The van der Waals surface area contributed by atoms with Gasteiger partial charge >= 0.3 is 0 Å². The first-order chi connectivity index (χ1) is 10.2. The summed E-state index contributed by atoms with van der Waals surface area (Å²) in [6.45, 7) is 5.24. The minimum absolute atomic E-state index is 0.483. The van der Waals surface area contributed by atoms with Crippen LogP contribution in [0.15, 0.2) is 36.4 Å². The first-order valence-electron chi connectivity index (χ1n) is 7.68. The molecule has 1 atom stereocenters. The summed E-state index contributed by atoms with van der Waals surface area (Å²) < 4.78 is 0. The fourth-order valence-electron chi connectivity index (χ4n) is 3.19. The SMILES string of the molecule is CNCc1cc(C)nc(N2c3ccccc3CCC2C)c1. The Morgan fingerprint density at radius 2 is 2.10 bits per heavy atom. The Morgan fingerprint density at radius 1 is 1.29 bits per heavy atom. The molecule has 3 rings (SSSR count). The largest absolute Gasteiger partial charge is 0.323 e. The van der Waals surface area contributed by atoms with Crippen LogP contribution in [-0.4, -0.2) is 18.1 Å². The molecule has 0 bridgehead atoms. The number of para-hydroxylation sites is 1. The van der Waals surface area contributed by atoms with Gasteiger partial charge in [-0.2, -0.15) is 0 Å². The van der Waals surface area contributed by atoms with Gasteiger partial charge in [-0.05, 0) is 63.1 Å². The van der Waals surface area contributed by atoms with Crippen LogP contribution >= 0.6 is 0 Å². The quantitative estimate of drug-likeness (QED) is 0.932. The van der Waals surface area contributed by atoms with Crippen LogP contribution in [0.3, 0.4) is 0 Å². The van der Waals surface area contributed by atoms with E-state index in [2.05, 4.69) is 60.5 Å². The van der Waals surface area contributed by atoms with Crippen LogP contribution in [0.1, 0.15) is 30.2 Å². The Balaban J connectivity index is 2.07. The molecule has 3 nitrogen and oxygen atoms in total. The number of pyridine rings is 1. The molecule has 0 radical (unpaired) electrons. The zero-order valence-corrected chi connectivity index (χ0v) is 13.1. The van der Waals surface area contributed by atoms with Crippen molar-refractivity contribution in [1.29, 1.82) is 0 Å². The highest BCUT2D eigenvalue weighted by Gasteiger charge is 2.25. The maximum Gasteiger partial charge on any atom is 0.133 e. The second kappa shape index (κ2) is 5.86. The van der Waals surface area contributed by atoms with Gasteiger partial charge in [-0.3, -0.25) is 0 Å². The lowest BCUT2D eigenvalue weighted by Crippen LogP contribution is -2.34. The number of nitrogens with one attached hydrogen (secondary N) is 1. The Morgan fingerprint density at radius 3 is 2.90 bits per heavy atom. The highest BCUT2D eigenvalue weighted by Crippen LogP contribution is 2.36. The van der Waals surface area contributed by atoms with Crippen LogP contribution in [0.4, 0.5) is 11.5 Å². The van der Waals surface area contributed by atoms with E-state index in [4.69, 9.17) is 4.98 Å². The summed E-state index contributed by atoms with van der Waals surface area (Å²) in [5.41, 5.74) is 5.10. The topological polar surface area (TPSA) is 28.2 Å². The predicted molar refractivity (Wildman–Crippen MR) is 88.1 cm³/mol. The van der Waals surface area contributed by atoms with Gasteiger partial charge in [0.1, 0.15) is 5.82 Å². The van der Waals surface area contributed by atoms with E-state index in [9.17, 15) is 0 Å². The van der Waals surface area contributed by atoms with E-state index in [1.54, 1.807) is 0 Å². The average Bonchev–Trinajstić information content (AvgIpc) is 2.47. The molecule has 1 aromatic carbocycles. The Labute approximate surface area is 127 Å². The van der Waals surface area contributed by atoms with E-state index in [0.717, 1.165) is 24.5 Å². The molecule has 0 aliphatic carbocycles. The molecular weight excluding hydrogens is 258 g/mol. The van der Waals surface area contributed by atoms with Crippen LogP contribution in [0.25, 0.3) is 0 Å². The number of aromatic nitrogens is 1. The zero-order chi connectivity index (χ0) is 14.8. The Kier molecular flexibility index (Phi) is 3.93. The number of fused-ring (bicyclic) bond motifs is 1. The van der Waals surface area contributed by atoms with Gasteiger partial charge in [0.05, 0.1) is 0 Å². The molecule has 0 saturated carbocycles. The highest BCUT2D eigenvalue weighted by molar-refractivity contribution is 5.66. The number of anilines is 2. The molecule has 2 heterocycles. The van der Waals surface area contributed by atoms with E-state index >= 15 is 0 Å². The van der Waals surface area contributed by atoms with Crippen LogP contribution in [0, 0.1) is 6.92 Å². The van der Waals surface area contributed by atoms with E-state index in [0.29, 0.717) is 6.04 Å². The Hall–Kier alpha value is -1.87. The summed E-state index contributed by atoms with van der Waals surface area (Å²) in [7, 11) is 1.98. The number of hydrogen-bond acceptors (Lipinski definition) is 3. The standard InChI is InChI=1S/C18H23N3/c1-13-10-15(12-19-3)11-18(20-13)21-14(2)8-9-16-6-4-5-7-17(16)21/h4-7,10-11,14,19H,8-9,12H2,1-3H3. The second-order valence-corrected chi connectivity index (χ2v) is 5.89. The minimum Gasteiger partial charge on any atom is -0.323 e. The molecule has 1 N–H and O–H groups in total. The number of rotatable bonds is 3. The van der Waals surface area contributed by atoms with E-state index in [-0.39, 0.29) is 0 Å². The third-order valence-electron chi connectivity index (χ3n) is 4.15. The van der Waals surface area contributed by atoms with Crippen molar-refractivity contribution in [2.75, 3.05) is 11.9 Å². The summed E-state index contributed by atoms with van der Waals surface area (Å²) in [5, 5.41) is 3.23. The van der Waals surface area contributed by atoms with Crippen molar-refractivity contribution in [3.8, 4) is 0 Å². The fourth-order valence-corrected chi connectivity index (χ4v) is 3.19. The molecule has 21 heavy (non-hydrogen) atoms. The van der Waals surface area contributed by atoms with Gasteiger partial charge in [0.25, 0.3) is 0 Å². The molecule has 0 saturated heterocycles.